The van der Waals surface area contributed by atoms with Gasteiger partial charge in [-0.2, -0.15) is 0 Å². The van der Waals surface area contributed by atoms with Crippen molar-refractivity contribution in [3.63, 3.8) is 0 Å². The van der Waals surface area contributed by atoms with Gasteiger partial charge in [0, 0.05) is 25.6 Å². The van der Waals surface area contributed by atoms with Gasteiger partial charge in [-0.1, -0.05) is 13.8 Å². The molecule has 1 fully saturated rings. The highest BCUT2D eigenvalue weighted by atomic mass is 16.5. The van der Waals surface area contributed by atoms with Gasteiger partial charge in [0.15, 0.2) is 0 Å². The van der Waals surface area contributed by atoms with E-state index >= 15 is 0 Å². The first-order chi connectivity index (χ1) is 10.0. The number of rotatable bonds is 8. The summed E-state index contributed by atoms with van der Waals surface area (Å²) in [7, 11) is 0. The van der Waals surface area contributed by atoms with E-state index in [0.29, 0.717) is 51.7 Å². The lowest BCUT2D eigenvalue weighted by Crippen LogP contribution is -2.45. The van der Waals surface area contributed by atoms with Crippen LogP contribution in [0.1, 0.15) is 26.7 Å². The maximum atomic E-state index is 11.9. The topological polar surface area (TPSA) is 93.9 Å². The molecule has 0 aliphatic carbocycles. The quantitative estimate of drug-likeness (QED) is 0.283. The Morgan fingerprint density at radius 2 is 1.86 bits per heavy atom. The van der Waals surface area contributed by atoms with Crippen LogP contribution in [-0.2, 0) is 19.1 Å². The average Bonchev–Trinajstić information content (AvgIpc) is 2.49. The minimum absolute atomic E-state index is 0.0366. The number of carbonyl (C=O) groups excluding carboxylic acids is 2. The van der Waals surface area contributed by atoms with Crippen LogP contribution in [0.4, 0.5) is 0 Å². The second kappa shape index (κ2) is 9.70. The summed E-state index contributed by atoms with van der Waals surface area (Å²) in [5, 5.41) is 0. The van der Waals surface area contributed by atoms with E-state index in [2.05, 4.69) is 19.3 Å². The molecule has 3 N–H and O–H groups in total. The Labute approximate surface area is 126 Å². The number of amides is 2. The van der Waals surface area contributed by atoms with Crippen molar-refractivity contribution < 1.29 is 19.1 Å². The molecule has 2 amide bonds. The van der Waals surface area contributed by atoms with Gasteiger partial charge >= 0.3 is 0 Å². The molecule has 0 radical (unpaired) electrons. The lowest BCUT2D eigenvalue weighted by Gasteiger charge is -2.30. The molecule has 0 bridgehead atoms. The van der Waals surface area contributed by atoms with Gasteiger partial charge in [-0.3, -0.25) is 15.0 Å². The summed E-state index contributed by atoms with van der Waals surface area (Å²) in [6.07, 6.45) is 1.29. The van der Waals surface area contributed by atoms with Crippen LogP contribution in [0.5, 0.6) is 0 Å². The van der Waals surface area contributed by atoms with Crippen molar-refractivity contribution in [1.82, 2.24) is 10.3 Å². The van der Waals surface area contributed by atoms with Crippen LogP contribution < -0.4 is 11.3 Å². The summed E-state index contributed by atoms with van der Waals surface area (Å²) in [6, 6.07) is 0. The van der Waals surface area contributed by atoms with Crippen LogP contribution in [-0.4, -0.2) is 56.2 Å². The van der Waals surface area contributed by atoms with Gasteiger partial charge in [0.1, 0.15) is 6.61 Å². The van der Waals surface area contributed by atoms with E-state index in [-0.39, 0.29) is 24.3 Å². The van der Waals surface area contributed by atoms with Gasteiger partial charge < -0.3 is 14.4 Å². The number of hydrogen-bond acceptors (Lipinski definition) is 5. The number of nitrogens with one attached hydrogen (secondary N) is 1. The van der Waals surface area contributed by atoms with Crippen molar-refractivity contribution in [2.75, 3.05) is 39.5 Å². The Morgan fingerprint density at radius 3 is 2.43 bits per heavy atom. The third-order valence-electron chi connectivity index (χ3n) is 3.41. The first-order valence-corrected chi connectivity index (χ1v) is 7.48. The monoisotopic (exact) mass is 301 g/mol. The number of likely N-dealkylation sites (tertiary alicyclic amines) is 1. The van der Waals surface area contributed by atoms with Crippen molar-refractivity contribution in [2.45, 2.75) is 26.7 Å². The number of piperidine rings is 1. The fraction of sp³-hybridized carbons (Fsp3) is 0.857. The van der Waals surface area contributed by atoms with E-state index in [1.54, 1.807) is 4.90 Å². The predicted octanol–water partition coefficient (Wildman–Crippen LogP) is -0.0959. The van der Waals surface area contributed by atoms with E-state index in [1.165, 1.54) is 0 Å². The molecule has 21 heavy (non-hydrogen) atoms. The van der Waals surface area contributed by atoms with Crippen molar-refractivity contribution in [3.05, 3.63) is 0 Å². The Balaban J connectivity index is 2.10. The molecule has 1 rings (SSSR count). The number of hydrogen-bond donors (Lipinski definition) is 2. The van der Waals surface area contributed by atoms with Crippen molar-refractivity contribution >= 4 is 11.8 Å². The minimum atomic E-state index is -0.152. The van der Waals surface area contributed by atoms with Gasteiger partial charge in [-0.25, -0.2) is 5.84 Å². The molecule has 0 aromatic rings. The number of carbonyl (C=O) groups is 2. The van der Waals surface area contributed by atoms with Crippen molar-refractivity contribution in [1.29, 1.82) is 0 Å². The van der Waals surface area contributed by atoms with E-state index in [1.807, 2.05) is 0 Å². The summed E-state index contributed by atoms with van der Waals surface area (Å²) in [6.45, 7) is 7.01. The largest absolute Gasteiger partial charge is 0.379 e. The van der Waals surface area contributed by atoms with Gasteiger partial charge in [0.2, 0.25) is 11.8 Å². The standard InChI is InChI=1S/C14H27N3O4/c1-11(2)9-20-7-8-21-10-13(18)17-5-3-12(4-6-17)14(19)16-15/h11-12H,3-10,15H2,1-2H3,(H,16,19). The molecule has 0 spiro atoms. The molecule has 0 saturated carbocycles. The molecule has 7 nitrogen and oxygen atoms in total. The van der Waals surface area contributed by atoms with E-state index in [4.69, 9.17) is 15.3 Å². The smallest absolute Gasteiger partial charge is 0.248 e. The molecule has 1 aliphatic rings. The zero-order valence-corrected chi connectivity index (χ0v) is 13.0. The van der Waals surface area contributed by atoms with Crippen LogP contribution in [0.25, 0.3) is 0 Å². The summed E-state index contributed by atoms with van der Waals surface area (Å²) in [4.78, 5) is 25.0. The lowest BCUT2D eigenvalue weighted by atomic mass is 9.96. The lowest BCUT2D eigenvalue weighted by molar-refractivity contribution is -0.140. The summed E-state index contributed by atoms with van der Waals surface area (Å²) < 4.78 is 10.7. The average molecular weight is 301 g/mol. The second-order valence-electron chi connectivity index (χ2n) is 5.68. The third-order valence-corrected chi connectivity index (χ3v) is 3.41. The SMILES string of the molecule is CC(C)COCCOCC(=O)N1CCC(C(=O)NN)CC1. The molecule has 0 aromatic carbocycles. The van der Waals surface area contributed by atoms with Gasteiger partial charge in [0.25, 0.3) is 0 Å². The second-order valence-corrected chi connectivity index (χ2v) is 5.68. The van der Waals surface area contributed by atoms with E-state index in [9.17, 15) is 9.59 Å². The molecule has 1 heterocycles. The van der Waals surface area contributed by atoms with Gasteiger partial charge in [0.05, 0.1) is 13.2 Å². The number of hydrazine groups is 1. The number of nitrogens with two attached hydrogens (primary N) is 1. The van der Waals surface area contributed by atoms with Crippen LogP contribution >= 0.6 is 0 Å². The molecule has 7 heteroatoms. The van der Waals surface area contributed by atoms with Gasteiger partial charge in [-0.15, -0.1) is 0 Å². The summed E-state index contributed by atoms with van der Waals surface area (Å²) in [5.74, 6) is 5.33. The Hall–Kier alpha value is -1.18. The first-order valence-electron chi connectivity index (χ1n) is 7.48. The van der Waals surface area contributed by atoms with Crippen LogP contribution in [0, 0.1) is 11.8 Å². The normalized spacial score (nSPS) is 16.3. The maximum Gasteiger partial charge on any atom is 0.248 e. The van der Waals surface area contributed by atoms with Crippen molar-refractivity contribution in [3.8, 4) is 0 Å². The molecular weight excluding hydrogens is 274 g/mol. The fourth-order valence-corrected chi connectivity index (χ4v) is 2.20. The number of nitrogens with zero attached hydrogens (tertiary/aromatic N) is 1. The Kier molecular flexibility index (Phi) is 8.26. The molecule has 0 aromatic heterocycles. The number of ether oxygens (including phenoxy) is 2. The summed E-state index contributed by atoms with van der Waals surface area (Å²) >= 11 is 0. The summed E-state index contributed by atoms with van der Waals surface area (Å²) in [5.41, 5.74) is 2.16. The maximum absolute atomic E-state index is 11.9. The highest BCUT2D eigenvalue weighted by molar-refractivity contribution is 5.80. The Bertz CT molecular complexity index is 328. The van der Waals surface area contributed by atoms with Gasteiger partial charge in [-0.05, 0) is 18.8 Å². The molecule has 1 saturated heterocycles. The third kappa shape index (κ3) is 6.88. The highest BCUT2D eigenvalue weighted by Gasteiger charge is 2.26. The van der Waals surface area contributed by atoms with Crippen LogP contribution in [0.15, 0.2) is 0 Å². The van der Waals surface area contributed by atoms with Crippen molar-refractivity contribution in [2.24, 2.45) is 17.7 Å². The van der Waals surface area contributed by atoms with E-state index in [0.717, 1.165) is 0 Å². The predicted molar refractivity (Wildman–Crippen MR) is 78.1 cm³/mol. The zero-order chi connectivity index (χ0) is 15.7. The first kappa shape index (κ1) is 17.9. The van der Waals surface area contributed by atoms with Crippen LogP contribution in [0.3, 0.4) is 0 Å². The van der Waals surface area contributed by atoms with Crippen LogP contribution in [0.2, 0.25) is 0 Å². The Morgan fingerprint density at radius 1 is 1.24 bits per heavy atom. The molecule has 0 unspecified atom stereocenters. The molecule has 0 atom stereocenters. The molecular formula is C14H27N3O4. The molecule has 1 aliphatic heterocycles. The highest BCUT2D eigenvalue weighted by Crippen LogP contribution is 2.17. The molecule has 122 valence electrons. The minimum Gasteiger partial charge on any atom is -0.379 e. The fourth-order valence-electron chi connectivity index (χ4n) is 2.20. The zero-order valence-electron chi connectivity index (χ0n) is 13.0. The van der Waals surface area contributed by atoms with E-state index < -0.39 is 0 Å².